The largest absolute Gasteiger partial charge is 0.368 e. The number of allylic oxidation sites excluding steroid dienone is 1. The van der Waals surface area contributed by atoms with E-state index < -0.39 is 0 Å². The Kier molecular flexibility index (Phi) is 7.69. The Morgan fingerprint density at radius 1 is 1.15 bits per heavy atom. The molecule has 1 unspecified atom stereocenters. The molecule has 3 aromatic rings. The molecule has 0 aliphatic carbocycles. The van der Waals surface area contributed by atoms with Gasteiger partial charge < -0.3 is 9.80 Å². The number of benzene rings is 1. The molecule has 1 fully saturated rings. The quantitative estimate of drug-likeness (QED) is 0.275. The van der Waals surface area contributed by atoms with Crippen LogP contribution in [0.4, 0.5) is 11.5 Å². The van der Waals surface area contributed by atoms with Crippen molar-refractivity contribution in [1.82, 2.24) is 19.8 Å². The number of aliphatic imine (C=N–C) groups is 1. The molecule has 0 spiro atoms. The Balaban J connectivity index is 1.71. The van der Waals surface area contributed by atoms with Gasteiger partial charge in [-0.3, -0.25) is 9.88 Å². The van der Waals surface area contributed by atoms with Gasteiger partial charge in [-0.05, 0) is 50.8 Å². The fourth-order valence-corrected chi connectivity index (χ4v) is 6.15. The monoisotopic (exact) mass is 542 g/mol. The molecule has 4 radical (unpaired) electrons. The molecule has 1 aromatic carbocycles. The van der Waals surface area contributed by atoms with E-state index in [-0.39, 0.29) is 6.04 Å². The summed E-state index contributed by atoms with van der Waals surface area (Å²) in [7, 11) is 13.3. The molecule has 4 heterocycles. The van der Waals surface area contributed by atoms with Crippen LogP contribution in [-0.2, 0) is 0 Å². The van der Waals surface area contributed by atoms with E-state index in [2.05, 4.69) is 48.4 Å². The lowest BCUT2D eigenvalue weighted by Gasteiger charge is -2.44. The van der Waals surface area contributed by atoms with Crippen LogP contribution in [0.25, 0.3) is 11.3 Å². The zero-order valence-electron chi connectivity index (χ0n) is 23.6. The van der Waals surface area contributed by atoms with Crippen molar-refractivity contribution in [3.05, 3.63) is 90.7 Å². The summed E-state index contributed by atoms with van der Waals surface area (Å²) in [5, 5.41) is 0. The second-order valence-electron chi connectivity index (χ2n) is 10.2. The molecule has 0 N–H and O–H groups in total. The highest BCUT2D eigenvalue weighted by Crippen LogP contribution is 2.40. The third-order valence-electron chi connectivity index (χ3n) is 7.57. The highest BCUT2D eigenvalue weighted by molar-refractivity contribution is 7.98. The second kappa shape index (κ2) is 11.0. The number of amidine groups is 1. The van der Waals surface area contributed by atoms with Gasteiger partial charge in [0.1, 0.15) is 27.3 Å². The van der Waals surface area contributed by atoms with Crippen LogP contribution in [0.15, 0.2) is 83.7 Å². The van der Waals surface area contributed by atoms with Gasteiger partial charge in [-0.1, -0.05) is 48.9 Å². The Hall–Kier alpha value is -3.71. The first-order chi connectivity index (χ1) is 19.2. The van der Waals surface area contributed by atoms with Crippen molar-refractivity contribution >= 4 is 55.7 Å². The maximum absolute atomic E-state index is 6.77. The van der Waals surface area contributed by atoms with Crippen molar-refractivity contribution < 1.29 is 0 Å². The molecule has 9 heteroatoms. The molecule has 2 aromatic heterocycles. The van der Waals surface area contributed by atoms with Crippen LogP contribution in [-0.4, -0.2) is 73.2 Å². The van der Waals surface area contributed by atoms with Crippen molar-refractivity contribution in [3.63, 3.8) is 0 Å². The van der Waals surface area contributed by atoms with Crippen LogP contribution >= 0.6 is 11.8 Å². The molecule has 5 rings (SSSR count). The van der Waals surface area contributed by atoms with E-state index in [0.717, 1.165) is 64.1 Å². The predicted octanol–water partition coefficient (Wildman–Crippen LogP) is 4.15. The number of nitrogens with zero attached hydrogens (tertiary/aromatic N) is 6. The van der Waals surface area contributed by atoms with E-state index in [0.29, 0.717) is 28.3 Å². The standard InChI is InChI=1S/C31H32B2N6S/c1-8-19(3)37-14-15-38(20(4)17-37)30-23-16-25(33)28(27-24(32)10-9-11-26(27)40-7)36-31(23)39(22(6)35-30)29-18(2)12-13-34-21(29)5/h8-13,16,20H,1,3,6,14-15,17H2,2,4-5,7H3. The van der Waals surface area contributed by atoms with Crippen LogP contribution in [0.2, 0.25) is 0 Å². The minimum atomic E-state index is 0.159. The van der Waals surface area contributed by atoms with Gasteiger partial charge >= 0.3 is 0 Å². The molecule has 0 bridgehead atoms. The van der Waals surface area contributed by atoms with E-state index in [1.54, 1.807) is 17.8 Å². The highest BCUT2D eigenvalue weighted by atomic mass is 32.2. The Morgan fingerprint density at radius 3 is 2.60 bits per heavy atom. The molecule has 198 valence electrons. The molecule has 6 nitrogen and oxygen atoms in total. The summed E-state index contributed by atoms with van der Waals surface area (Å²) in [6.45, 7) is 21.0. The van der Waals surface area contributed by atoms with Crippen LogP contribution in [0, 0.1) is 13.8 Å². The minimum absolute atomic E-state index is 0.159. The lowest BCUT2D eigenvalue weighted by Crippen LogP contribution is -2.54. The Labute approximate surface area is 244 Å². The van der Waals surface area contributed by atoms with Crippen LogP contribution in [0.3, 0.4) is 0 Å². The zero-order chi connectivity index (χ0) is 28.7. The molecular weight excluding hydrogens is 510 g/mol. The zero-order valence-corrected chi connectivity index (χ0v) is 24.4. The average molecular weight is 542 g/mol. The average Bonchev–Trinajstić information content (AvgIpc) is 2.93. The van der Waals surface area contributed by atoms with Crippen molar-refractivity contribution in [3.8, 4) is 11.3 Å². The van der Waals surface area contributed by atoms with Gasteiger partial charge in [0.15, 0.2) is 5.82 Å². The van der Waals surface area contributed by atoms with Crippen LogP contribution < -0.4 is 15.8 Å². The van der Waals surface area contributed by atoms with E-state index in [1.807, 2.05) is 54.6 Å². The van der Waals surface area contributed by atoms with Crippen molar-refractivity contribution in [2.24, 2.45) is 4.99 Å². The number of pyridine rings is 2. The second-order valence-corrected chi connectivity index (χ2v) is 11.0. The lowest BCUT2D eigenvalue weighted by molar-refractivity contribution is 0.171. The van der Waals surface area contributed by atoms with E-state index in [9.17, 15) is 0 Å². The van der Waals surface area contributed by atoms with E-state index >= 15 is 0 Å². The molecule has 40 heavy (non-hydrogen) atoms. The number of hydrogen-bond acceptors (Lipinski definition) is 7. The van der Waals surface area contributed by atoms with Gasteiger partial charge in [-0.2, -0.15) is 0 Å². The van der Waals surface area contributed by atoms with Gasteiger partial charge in [-0.25, -0.2) is 9.98 Å². The molecule has 0 saturated carbocycles. The SMILES string of the molecule is [B]c1cc2c(nc1-c1c([B])cccc1SC)N(c1c(C)ccnc1C)C(=C)N=C2N1CCN(C(=C)C=C)CC1C. The fourth-order valence-electron chi connectivity index (χ4n) is 5.52. The van der Waals surface area contributed by atoms with Gasteiger partial charge in [0.25, 0.3) is 0 Å². The summed E-state index contributed by atoms with van der Waals surface area (Å²) in [5.74, 6) is 2.09. The van der Waals surface area contributed by atoms with E-state index in [4.69, 9.17) is 25.7 Å². The predicted molar refractivity (Wildman–Crippen MR) is 171 cm³/mol. The first-order valence-electron chi connectivity index (χ1n) is 13.2. The summed E-state index contributed by atoms with van der Waals surface area (Å²) in [5.41, 5.74) is 7.22. The number of thioether (sulfide) groups is 1. The Morgan fingerprint density at radius 2 is 1.93 bits per heavy atom. The third-order valence-corrected chi connectivity index (χ3v) is 8.35. The summed E-state index contributed by atoms with van der Waals surface area (Å²) in [4.78, 5) is 22.5. The number of piperazine rings is 1. The third kappa shape index (κ3) is 4.77. The maximum atomic E-state index is 6.77. The van der Waals surface area contributed by atoms with Crippen molar-refractivity contribution in [1.29, 1.82) is 0 Å². The highest BCUT2D eigenvalue weighted by Gasteiger charge is 2.35. The fraction of sp³-hybridized carbons (Fsp3) is 0.258. The van der Waals surface area contributed by atoms with Crippen LogP contribution in [0.5, 0.6) is 0 Å². The van der Waals surface area contributed by atoms with E-state index in [1.165, 1.54) is 0 Å². The molecule has 2 aliphatic heterocycles. The summed E-state index contributed by atoms with van der Waals surface area (Å²) in [6, 6.07) is 9.99. The first kappa shape index (κ1) is 27.8. The Bertz CT molecular complexity index is 1550. The van der Waals surface area contributed by atoms with Crippen molar-refractivity contribution in [2.75, 3.05) is 30.8 Å². The first-order valence-corrected chi connectivity index (χ1v) is 14.4. The number of fused-ring (bicyclic) bond motifs is 1. The lowest BCUT2D eigenvalue weighted by atomic mass is 9.82. The number of hydrogen-bond donors (Lipinski definition) is 0. The van der Waals surface area contributed by atoms with Gasteiger partial charge in [0, 0.05) is 48.0 Å². The topological polar surface area (TPSA) is 47.9 Å². The van der Waals surface area contributed by atoms with Gasteiger partial charge in [-0.15, -0.1) is 11.8 Å². The number of anilines is 2. The molecule has 0 amide bonds. The van der Waals surface area contributed by atoms with Gasteiger partial charge in [0.05, 0.1) is 22.6 Å². The number of rotatable bonds is 5. The summed E-state index contributed by atoms with van der Waals surface area (Å²) >= 11 is 1.61. The smallest absolute Gasteiger partial charge is 0.150 e. The molecule has 2 aliphatic rings. The van der Waals surface area contributed by atoms with Gasteiger partial charge in [0.2, 0.25) is 0 Å². The number of aryl methyl sites for hydroxylation is 2. The normalized spacial score (nSPS) is 17.0. The van der Waals surface area contributed by atoms with Crippen LogP contribution in [0.1, 0.15) is 23.7 Å². The number of aromatic nitrogens is 2. The summed E-state index contributed by atoms with van der Waals surface area (Å²) < 4.78 is 0. The minimum Gasteiger partial charge on any atom is -0.368 e. The molecule has 1 saturated heterocycles. The molecule has 1 atom stereocenters. The molecular formula is C31H32B2N6S. The summed E-state index contributed by atoms with van der Waals surface area (Å²) in [6.07, 6.45) is 5.64. The maximum Gasteiger partial charge on any atom is 0.150 e. The van der Waals surface area contributed by atoms with Crippen molar-refractivity contribution in [2.45, 2.75) is 31.7 Å².